The Labute approximate surface area is 287 Å². The first-order valence-corrected chi connectivity index (χ1v) is 17.4. The Balaban J connectivity index is 1.11. The maximum Gasteiger partial charge on any atom is 0.0725 e. The fraction of sp³-hybridized carbons (Fsp3) is 0.0417. The van der Waals surface area contributed by atoms with Crippen LogP contribution in [0.1, 0.15) is 11.4 Å². The first-order valence-electron chi connectivity index (χ1n) is 17.4. The maximum absolute atomic E-state index is 5.33. The topological polar surface area (TPSA) is 25.8 Å². The van der Waals surface area contributed by atoms with Gasteiger partial charge in [0.1, 0.15) is 0 Å². The average Bonchev–Trinajstić information content (AvgIpc) is 3.15. The molecule has 12 rings (SSSR count). The molecule has 0 amide bonds. The summed E-state index contributed by atoms with van der Waals surface area (Å²) in [4.78, 5) is 10.7. The predicted molar refractivity (Wildman–Crippen MR) is 213 cm³/mol. The molecule has 0 aliphatic rings. The van der Waals surface area contributed by atoms with Gasteiger partial charge in [0.15, 0.2) is 0 Å². The third-order valence-corrected chi connectivity index (χ3v) is 11.5. The quantitative estimate of drug-likeness (QED) is 0.177. The zero-order chi connectivity index (χ0) is 32.8. The molecule has 230 valence electrons. The van der Waals surface area contributed by atoms with Crippen LogP contribution in [-0.2, 0) is 0 Å². The molecule has 0 unspecified atom stereocenters. The predicted octanol–water partition coefficient (Wildman–Crippen LogP) is 13.1. The highest BCUT2D eigenvalue weighted by Crippen LogP contribution is 2.45. The number of pyridine rings is 2. The van der Waals surface area contributed by atoms with Gasteiger partial charge in [-0.25, -0.2) is 0 Å². The molecule has 50 heavy (non-hydrogen) atoms. The first kappa shape index (κ1) is 26.6. The molecular formula is C48H28N2. The lowest BCUT2D eigenvalue weighted by atomic mass is 9.87. The van der Waals surface area contributed by atoms with Crippen LogP contribution < -0.4 is 0 Å². The summed E-state index contributed by atoms with van der Waals surface area (Å²) in [5.41, 5.74) is 8.94. The summed E-state index contributed by atoms with van der Waals surface area (Å²) in [5, 5.41) is 20.3. The van der Waals surface area contributed by atoms with E-state index in [0.717, 1.165) is 22.4 Å². The van der Waals surface area contributed by atoms with Crippen molar-refractivity contribution in [3.63, 3.8) is 0 Å². The van der Waals surface area contributed by atoms with E-state index in [0.29, 0.717) is 0 Å². The van der Waals surface area contributed by atoms with Crippen molar-refractivity contribution in [1.29, 1.82) is 0 Å². The minimum atomic E-state index is 1.03. The van der Waals surface area contributed by atoms with E-state index in [2.05, 4.69) is 147 Å². The van der Waals surface area contributed by atoms with Crippen LogP contribution in [0.5, 0.6) is 0 Å². The van der Waals surface area contributed by atoms with Gasteiger partial charge in [-0.2, -0.15) is 0 Å². The van der Waals surface area contributed by atoms with Crippen LogP contribution in [0.2, 0.25) is 0 Å². The van der Waals surface area contributed by atoms with Gasteiger partial charge in [-0.05, 0) is 125 Å². The second kappa shape index (κ2) is 9.19. The monoisotopic (exact) mass is 632 g/mol. The molecule has 0 aliphatic carbocycles. The van der Waals surface area contributed by atoms with Crippen LogP contribution >= 0.6 is 0 Å². The van der Waals surface area contributed by atoms with Crippen LogP contribution in [0.15, 0.2) is 133 Å². The normalized spacial score (nSPS) is 12.6. The molecule has 0 fully saturated rings. The molecule has 0 N–H and O–H groups in total. The van der Waals surface area contributed by atoms with Gasteiger partial charge < -0.3 is 0 Å². The Morgan fingerprint density at radius 3 is 1.10 bits per heavy atom. The van der Waals surface area contributed by atoms with E-state index in [1.165, 1.54) is 108 Å². The molecule has 0 atom stereocenters. The Morgan fingerprint density at radius 1 is 0.320 bits per heavy atom. The van der Waals surface area contributed by atoms with E-state index in [1.807, 2.05) is 0 Å². The molecule has 2 aromatic heterocycles. The highest BCUT2D eigenvalue weighted by molar-refractivity contribution is 6.29. The molecule has 0 bridgehead atoms. The zero-order valence-corrected chi connectivity index (χ0v) is 27.6. The number of aryl methyl sites for hydroxylation is 2. The van der Waals surface area contributed by atoms with E-state index in [-0.39, 0.29) is 0 Å². The molecule has 2 nitrogen and oxygen atoms in total. The van der Waals surface area contributed by atoms with Gasteiger partial charge in [-0.1, -0.05) is 109 Å². The van der Waals surface area contributed by atoms with Crippen LogP contribution in [0.3, 0.4) is 0 Å². The summed E-state index contributed by atoms with van der Waals surface area (Å²) < 4.78 is 0. The average molecular weight is 633 g/mol. The van der Waals surface area contributed by atoms with Gasteiger partial charge in [0.05, 0.1) is 11.0 Å². The zero-order valence-electron chi connectivity index (χ0n) is 27.6. The van der Waals surface area contributed by atoms with Crippen molar-refractivity contribution in [3.8, 4) is 22.3 Å². The molecule has 0 spiro atoms. The number of hydrogen-bond donors (Lipinski definition) is 0. The summed E-state index contributed by atoms with van der Waals surface area (Å²) in [7, 11) is 0. The third kappa shape index (κ3) is 3.33. The summed E-state index contributed by atoms with van der Waals surface area (Å²) in [6.45, 7) is 4.31. The standard InChI is InChI=1S/C48H28N2/c1-25-39-21-33(35-17-13-31-11-9-27-5-3-7-29-15-19-37(35)45(31)43(27)29)24-42-47(39)48-40(26(2)50-42)22-34(23-41(48)49-25)36-18-14-32-12-10-28-6-4-8-30-16-20-38(36)46(32)44(28)30/h3-24H,1-2H3. The molecule has 2 heteroatoms. The fourth-order valence-corrected chi connectivity index (χ4v) is 9.29. The van der Waals surface area contributed by atoms with Gasteiger partial charge in [0.2, 0.25) is 0 Å². The number of nitrogens with zero attached hydrogens (tertiary/aromatic N) is 2. The van der Waals surface area contributed by atoms with Crippen LogP contribution in [0, 0.1) is 13.8 Å². The molecular weight excluding hydrogens is 605 g/mol. The lowest BCUT2D eigenvalue weighted by Crippen LogP contribution is -1.97. The van der Waals surface area contributed by atoms with Gasteiger partial charge in [0.25, 0.3) is 0 Å². The molecule has 0 radical (unpaired) electrons. The second-order valence-corrected chi connectivity index (χ2v) is 14.2. The van der Waals surface area contributed by atoms with Crippen molar-refractivity contribution >= 4 is 97.2 Å². The maximum atomic E-state index is 5.33. The Morgan fingerprint density at radius 2 is 0.680 bits per heavy atom. The molecule has 0 saturated carbocycles. The van der Waals surface area contributed by atoms with Crippen molar-refractivity contribution in [2.24, 2.45) is 0 Å². The minimum absolute atomic E-state index is 1.03. The van der Waals surface area contributed by atoms with Gasteiger partial charge in [0, 0.05) is 32.9 Å². The van der Waals surface area contributed by atoms with E-state index >= 15 is 0 Å². The summed E-state index contributed by atoms with van der Waals surface area (Å²) in [6, 6.07) is 49.7. The lowest BCUT2D eigenvalue weighted by Gasteiger charge is -2.19. The number of rotatable bonds is 2. The summed E-state index contributed by atoms with van der Waals surface area (Å²) in [5.74, 6) is 0. The van der Waals surface area contributed by atoms with Crippen LogP contribution in [0.4, 0.5) is 0 Å². The Bertz CT molecular complexity index is 3130. The first-order chi connectivity index (χ1) is 24.6. The smallest absolute Gasteiger partial charge is 0.0725 e. The molecule has 12 aromatic rings. The Hall–Kier alpha value is -6.38. The van der Waals surface area contributed by atoms with Gasteiger partial charge in [-0.15, -0.1) is 0 Å². The summed E-state index contributed by atoms with van der Waals surface area (Å²) in [6.07, 6.45) is 0. The van der Waals surface area contributed by atoms with Gasteiger partial charge >= 0.3 is 0 Å². The van der Waals surface area contributed by atoms with E-state index in [9.17, 15) is 0 Å². The SMILES string of the molecule is Cc1nc2cc(-c3ccc4ccc5cccc6ccc3c4c56)cc3c(C)nc4cc(-c5ccc6ccc7cccc8ccc5c6c78)cc1c4c23. The largest absolute Gasteiger partial charge is 0.252 e. The fourth-order valence-electron chi connectivity index (χ4n) is 9.29. The highest BCUT2D eigenvalue weighted by atomic mass is 14.7. The van der Waals surface area contributed by atoms with Crippen molar-refractivity contribution in [2.75, 3.05) is 0 Å². The van der Waals surface area contributed by atoms with Crippen LogP contribution in [-0.4, -0.2) is 9.97 Å². The summed E-state index contributed by atoms with van der Waals surface area (Å²) >= 11 is 0. The number of benzene rings is 10. The molecule has 10 aromatic carbocycles. The molecule has 0 aliphatic heterocycles. The highest BCUT2D eigenvalue weighted by Gasteiger charge is 2.20. The third-order valence-electron chi connectivity index (χ3n) is 11.5. The van der Waals surface area contributed by atoms with Crippen molar-refractivity contribution in [3.05, 3.63) is 145 Å². The van der Waals surface area contributed by atoms with Gasteiger partial charge in [-0.3, -0.25) is 9.97 Å². The number of hydrogen-bond acceptors (Lipinski definition) is 2. The number of aromatic nitrogens is 2. The van der Waals surface area contributed by atoms with Crippen molar-refractivity contribution < 1.29 is 0 Å². The van der Waals surface area contributed by atoms with Crippen LogP contribution in [0.25, 0.3) is 119 Å². The van der Waals surface area contributed by atoms with Crippen molar-refractivity contribution in [2.45, 2.75) is 13.8 Å². The Kier molecular flexibility index (Phi) is 4.88. The minimum Gasteiger partial charge on any atom is -0.252 e. The molecule has 2 heterocycles. The molecule has 0 saturated heterocycles. The van der Waals surface area contributed by atoms with E-state index in [1.54, 1.807) is 0 Å². The van der Waals surface area contributed by atoms with Crippen molar-refractivity contribution in [1.82, 2.24) is 9.97 Å². The lowest BCUT2D eigenvalue weighted by molar-refractivity contribution is 1.26. The van der Waals surface area contributed by atoms with E-state index < -0.39 is 0 Å². The second-order valence-electron chi connectivity index (χ2n) is 14.2. The van der Waals surface area contributed by atoms with E-state index in [4.69, 9.17) is 9.97 Å².